The Hall–Kier alpha value is -2.58. The number of ether oxygens (including phenoxy) is 1. The van der Waals surface area contributed by atoms with Crippen LogP contribution in [0.3, 0.4) is 0 Å². The van der Waals surface area contributed by atoms with Gasteiger partial charge in [0.15, 0.2) is 0 Å². The predicted molar refractivity (Wildman–Crippen MR) is 108 cm³/mol. The maximum atomic E-state index is 12.5. The largest absolute Gasteiger partial charge is 0.497 e. The van der Waals surface area contributed by atoms with Crippen LogP contribution in [-0.4, -0.2) is 54.9 Å². The first-order chi connectivity index (χ1) is 13.1. The van der Waals surface area contributed by atoms with Crippen molar-refractivity contribution < 1.29 is 14.3 Å². The third kappa shape index (κ3) is 5.24. The molecule has 2 atom stereocenters. The van der Waals surface area contributed by atoms with Crippen molar-refractivity contribution in [3.05, 3.63) is 47.8 Å². The number of benzene rings is 1. The molecule has 3 N–H and O–H groups in total. The number of halogens is 1. The summed E-state index contributed by atoms with van der Waals surface area (Å²) in [5.41, 5.74) is 1.62. The van der Waals surface area contributed by atoms with Crippen LogP contribution in [0.1, 0.15) is 21.8 Å². The first-order valence-electron chi connectivity index (χ1n) is 8.97. The monoisotopic (exact) mass is 407 g/mol. The Kier molecular flexibility index (Phi) is 7.83. The smallest absolute Gasteiger partial charge is 0.251 e. The van der Waals surface area contributed by atoms with Crippen molar-refractivity contribution in [2.45, 2.75) is 5.92 Å². The summed E-state index contributed by atoms with van der Waals surface area (Å²) in [6, 6.07) is 6.88. The van der Waals surface area contributed by atoms with Gasteiger partial charge in [-0.25, -0.2) is 0 Å². The number of methoxy groups -OCH3 is 1. The van der Waals surface area contributed by atoms with E-state index in [0.717, 1.165) is 12.1 Å². The quantitative estimate of drug-likeness (QED) is 0.587. The van der Waals surface area contributed by atoms with E-state index in [4.69, 9.17) is 4.74 Å². The van der Waals surface area contributed by atoms with Crippen LogP contribution in [0.25, 0.3) is 0 Å². The summed E-state index contributed by atoms with van der Waals surface area (Å²) in [5, 5.41) is 13.2. The van der Waals surface area contributed by atoms with Crippen molar-refractivity contribution in [2.24, 2.45) is 13.0 Å². The van der Waals surface area contributed by atoms with Crippen LogP contribution in [0.5, 0.6) is 5.75 Å². The lowest BCUT2D eigenvalue weighted by Gasteiger charge is -2.17. The first-order valence-corrected chi connectivity index (χ1v) is 8.97. The van der Waals surface area contributed by atoms with Crippen LogP contribution < -0.4 is 20.7 Å². The van der Waals surface area contributed by atoms with Gasteiger partial charge in [0.1, 0.15) is 5.75 Å². The van der Waals surface area contributed by atoms with E-state index in [2.05, 4.69) is 21.0 Å². The average molecular weight is 408 g/mol. The molecule has 0 radical (unpaired) electrons. The summed E-state index contributed by atoms with van der Waals surface area (Å²) < 4.78 is 6.82. The summed E-state index contributed by atoms with van der Waals surface area (Å²) >= 11 is 0. The van der Waals surface area contributed by atoms with E-state index in [0.29, 0.717) is 30.9 Å². The summed E-state index contributed by atoms with van der Waals surface area (Å²) in [7, 11) is 3.45. The lowest BCUT2D eigenvalue weighted by atomic mass is 9.90. The zero-order chi connectivity index (χ0) is 19.2. The molecule has 1 aromatic heterocycles. The zero-order valence-electron chi connectivity index (χ0n) is 16.0. The topological polar surface area (TPSA) is 97.3 Å². The Morgan fingerprint density at radius 1 is 1.21 bits per heavy atom. The minimum Gasteiger partial charge on any atom is -0.497 e. The molecule has 0 saturated carbocycles. The maximum Gasteiger partial charge on any atom is 0.251 e. The van der Waals surface area contributed by atoms with Gasteiger partial charge in [0.05, 0.1) is 19.2 Å². The molecule has 152 valence electrons. The summed E-state index contributed by atoms with van der Waals surface area (Å²) in [6.07, 6.45) is 3.76. The van der Waals surface area contributed by atoms with Crippen LogP contribution in [0.15, 0.2) is 36.7 Å². The molecule has 1 aromatic carbocycles. The molecule has 1 saturated heterocycles. The zero-order valence-corrected chi connectivity index (χ0v) is 16.8. The van der Waals surface area contributed by atoms with Crippen molar-refractivity contribution in [3.63, 3.8) is 0 Å². The van der Waals surface area contributed by atoms with Crippen molar-refractivity contribution in [1.82, 2.24) is 25.7 Å². The summed E-state index contributed by atoms with van der Waals surface area (Å²) in [5.74, 6) is 0.501. The molecule has 3 rings (SSSR count). The van der Waals surface area contributed by atoms with Gasteiger partial charge in [0.25, 0.3) is 5.91 Å². The molecular formula is C19H26ClN5O3. The van der Waals surface area contributed by atoms with Gasteiger partial charge in [0, 0.05) is 50.9 Å². The molecule has 0 unspecified atom stereocenters. The molecule has 9 heteroatoms. The van der Waals surface area contributed by atoms with E-state index in [1.807, 2.05) is 19.4 Å². The fourth-order valence-corrected chi connectivity index (χ4v) is 3.27. The van der Waals surface area contributed by atoms with Crippen molar-refractivity contribution >= 4 is 24.2 Å². The summed E-state index contributed by atoms with van der Waals surface area (Å²) in [6.45, 7) is 2.16. The molecule has 0 bridgehead atoms. The number of aromatic nitrogens is 2. The van der Waals surface area contributed by atoms with Gasteiger partial charge >= 0.3 is 0 Å². The van der Waals surface area contributed by atoms with Crippen molar-refractivity contribution in [2.75, 3.05) is 33.3 Å². The second kappa shape index (κ2) is 10.1. The van der Waals surface area contributed by atoms with Gasteiger partial charge < -0.3 is 20.7 Å². The minimum absolute atomic E-state index is 0. The van der Waals surface area contributed by atoms with Crippen molar-refractivity contribution in [1.29, 1.82) is 0 Å². The highest BCUT2D eigenvalue weighted by Crippen LogP contribution is 2.27. The molecule has 8 nitrogen and oxygen atoms in total. The lowest BCUT2D eigenvalue weighted by molar-refractivity contribution is -0.124. The highest BCUT2D eigenvalue weighted by Gasteiger charge is 2.34. The Morgan fingerprint density at radius 2 is 1.93 bits per heavy atom. The maximum absolute atomic E-state index is 12.5. The number of carbonyl (C=O) groups is 2. The van der Waals surface area contributed by atoms with Crippen LogP contribution in [0.4, 0.5) is 0 Å². The predicted octanol–water partition coefficient (Wildman–Crippen LogP) is 0.700. The number of hydrogen-bond donors (Lipinski definition) is 3. The number of nitrogens with one attached hydrogen (secondary N) is 3. The molecule has 28 heavy (non-hydrogen) atoms. The average Bonchev–Trinajstić information content (AvgIpc) is 3.33. The fraction of sp³-hybridized carbons (Fsp3) is 0.421. The minimum atomic E-state index is -0.178. The number of amides is 2. The molecule has 1 aliphatic heterocycles. The van der Waals surface area contributed by atoms with Crippen LogP contribution >= 0.6 is 12.4 Å². The lowest BCUT2D eigenvalue weighted by Crippen LogP contribution is -2.39. The number of carbonyl (C=O) groups excluding carboxylic acids is 2. The van der Waals surface area contributed by atoms with E-state index in [-0.39, 0.29) is 36.1 Å². The first kappa shape index (κ1) is 21.7. The van der Waals surface area contributed by atoms with Gasteiger partial charge in [-0.1, -0.05) is 0 Å². The molecule has 2 heterocycles. The summed E-state index contributed by atoms with van der Waals surface area (Å²) in [4.78, 5) is 24.6. The molecule has 0 spiro atoms. The Balaban J connectivity index is 0.00000280. The number of nitrogens with zero attached hydrogens (tertiary/aromatic N) is 2. The van der Waals surface area contributed by atoms with Gasteiger partial charge in [-0.05, 0) is 29.8 Å². The molecule has 0 aliphatic carbocycles. The van der Waals surface area contributed by atoms with Crippen LogP contribution in [0, 0.1) is 5.92 Å². The Labute approximate surface area is 170 Å². The second-order valence-corrected chi connectivity index (χ2v) is 6.59. The third-order valence-electron chi connectivity index (χ3n) is 4.77. The second-order valence-electron chi connectivity index (χ2n) is 6.59. The third-order valence-corrected chi connectivity index (χ3v) is 4.77. The highest BCUT2D eigenvalue weighted by molar-refractivity contribution is 5.94. The van der Waals surface area contributed by atoms with E-state index < -0.39 is 0 Å². The van der Waals surface area contributed by atoms with E-state index >= 15 is 0 Å². The van der Waals surface area contributed by atoms with Gasteiger partial charge in [-0.3, -0.25) is 14.3 Å². The van der Waals surface area contributed by atoms with Crippen LogP contribution in [0.2, 0.25) is 0 Å². The van der Waals surface area contributed by atoms with E-state index in [9.17, 15) is 9.59 Å². The standard InChI is InChI=1S/C19H25N5O3.ClH/c1-24-12-14(9-23-24)16-10-20-11-17(16)19(26)22-8-7-21-18(25)13-3-5-15(27-2)6-4-13;/h3-6,9,12,16-17,20H,7-8,10-11H2,1-2H3,(H,21,25)(H,22,26);1H/t16-,17+;/m1./s1. The number of rotatable bonds is 7. The van der Waals surface area contributed by atoms with E-state index in [1.54, 1.807) is 36.1 Å². The number of hydrogen-bond acceptors (Lipinski definition) is 5. The van der Waals surface area contributed by atoms with E-state index in [1.165, 1.54) is 0 Å². The van der Waals surface area contributed by atoms with Crippen LogP contribution in [-0.2, 0) is 11.8 Å². The Morgan fingerprint density at radius 3 is 2.57 bits per heavy atom. The molecular weight excluding hydrogens is 382 g/mol. The van der Waals surface area contributed by atoms with Gasteiger partial charge in [-0.15, -0.1) is 12.4 Å². The molecule has 2 amide bonds. The molecule has 1 fully saturated rings. The number of aryl methyl sites for hydroxylation is 1. The fourth-order valence-electron chi connectivity index (χ4n) is 3.27. The molecule has 1 aliphatic rings. The normalized spacial score (nSPS) is 18.2. The Bertz CT molecular complexity index is 793. The van der Waals surface area contributed by atoms with Gasteiger partial charge in [-0.2, -0.15) is 5.10 Å². The molecule has 2 aromatic rings. The van der Waals surface area contributed by atoms with Crippen molar-refractivity contribution in [3.8, 4) is 5.75 Å². The van der Waals surface area contributed by atoms with Gasteiger partial charge in [0.2, 0.25) is 5.91 Å². The SMILES string of the molecule is COc1ccc(C(=O)NCCNC(=O)[C@H]2CNC[C@@H]2c2cnn(C)c2)cc1.Cl. The highest BCUT2D eigenvalue weighted by atomic mass is 35.5.